The lowest BCUT2D eigenvalue weighted by Gasteiger charge is -2.10. The van der Waals surface area contributed by atoms with E-state index in [9.17, 15) is 9.59 Å². The molecule has 1 aromatic rings. The number of carbonyl (C=O) groups is 2. The number of carboxylic acid groups (broad SMARTS) is 1. The number of amides is 1. The molecule has 1 aromatic carbocycles. The Bertz CT molecular complexity index is 482. The van der Waals surface area contributed by atoms with Crippen molar-refractivity contribution in [3.05, 3.63) is 27.7 Å². The molecule has 0 aliphatic carbocycles. The van der Waals surface area contributed by atoms with Crippen molar-refractivity contribution in [1.29, 1.82) is 0 Å². The normalized spacial score (nSPS) is 11.7. The number of hydrogen-bond donors (Lipinski definition) is 3. The van der Waals surface area contributed by atoms with Gasteiger partial charge in [0.2, 0.25) is 0 Å². The smallest absolute Gasteiger partial charge is 0.334 e. The summed E-state index contributed by atoms with van der Waals surface area (Å²) in [5.41, 5.74) is 0. The predicted molar refractivity (Wildman–Crippen MR) is 71.3 cm³/mol. The van der Waals surface area contributed by atoms with Gasteiger partial charge in [0.1, 0.15) is 5.75 Å². The quantitative estimate of drug-likeness (QED) is 0.711. The van der Waals surface area contributed by atoms with E-state index >= 15 is 0 Å². The molecule has 1 atom stereocenters. The van der Waals surface area contributed by atoms with Crippen molar-refractivity contribution in [3.8, 4) is 5.75 Å². The third-order valence-corrected chi connectivity index (χ3v) is 2.82. The van der Waals surface area contributed by atoms with Gasteiger partial charge in [-0.1, -0.05) is 27.5 Å². The van der Waals surface area contributed by atoms with Gasteiger partial charge in [-0.3, -0.25) is 4.79 Å². The Morgan fingerprint density at radius 1 is 1.47 bits per heavy atom. The van der Waals surface area contributed by atoms with Crippen LogP contribution in [0.4, 0.5) is 0 Å². The van der Waals surface area contributed by atoms with Crippen LogP contribution in [0.15, 0.2) is 22.7 Å². The highest BCUT2D eigenvalue weighted by Crippen LogP contribution is 2.27. The minimum Gasteiger partial charge on any atom is -0.482 e. The fourth-order valence-corrected chi connectivity index (χ4v) is 1.81. The molecule has 0 aliphatic rings. The monoisotopic (exact) mass is 351 g/mol. The van der Waals surface area contributed by atoms with Crippen LogP contribution in [-0.2, 0) is 9.59 Å². The van der Waals surface area contributed by atoms with Crippen molar-refractivity contribution in [2.24, 2.45) is 0 Å². The highest BCUT2D eigenvalue weighted by atomic mass is 79.9. The Morgan fingerprint density at radius 2 is 2.16 bits per heavy atom. The third-order valence-electron chi connectivity index (χ3n) is 2.03. The molecule has 8 heteroatoms. The molecule has 0 fully saturated rings. The van der Waals surface area contributed by atoms with E-state index in [0.717, 1.165) is 4.47 Å². The van der Waals surface area contributed by atoms with E-state index in [1.165, 1.54) is 0 Å². The number of aliphatic carboxylic acids is 1. The highest BCUT2D eigenvalue weighted by Gasteiger charge is 2.14. The number of carboxylic acids is 1. The summed E-state index contributed by atoms with van der Waals surface area (Å²) >= 11 is 9.11. The summed E-state index contributed by atoms with van der Waals surface area (Å²) in [5, 5.41) is 19.9. The van der Waals surface area contributed by atoms with Crippen LogP contribution >= 0.6 is 27.5 Å². The van der Waals surface area contributed by atoms with Crippen molar-refractivity contribution in [3.63, 3.8) is 0 Å². The molecule has 0 heterocycles. The second kappa shape index (κ2) is 7.32. The summed E-state index contributed by atoms with van der Waals surface area (Å²) in [5.74, 6) is -1.63. The SMILES string of the molecule is O=C(COc1ccc(Br)cc1Cl)NC[C@H](O)C(=O)O. The first-order valence-corrected chi connectivity index (χ1v) is 6.32. The first-order chi connectivity index (χ1) is 8.90. The second-order valence-corrected chi connectivity index (χ2v) is 4.84. The molecule has 19 heavy (non-hydrogen) atoms. The number of hydrogen-bond acceptors (Lipinski definition) is 4. The lowest BCUT2D eigenvalue weighted by molar-refractivity contribution is -0.146. The van der Waals surface area contributed by atoms with Crippen molar-refractivity contribution >= 4 is 39.4 Å². The van der Waals surface area contributed by atoms with E-state index in [4.69, 9.17) is 26.6 Å². The molecule has 0 aliphatic heterocycles. The zero-order valence-electron chi connectivity index (χ0n) is 9.60. The average Bonchev–Trinajstić information content (AvgIpc) is 2.34. The lowest BCUT2D eigenvalue weighted by Crippen LogP contribution is -2.38. The molecule has 0 saturated carbocycles. The molecule has 1 rings (SSSR count). The van der Waals surface area contributed by atoms with Gasteiger partial charge in [-0.15, -0.1) is 0 Å². The van der Waals surface area contributed by atoms with Gasteiger partial charge in [0.25, 0.3) is 5.91 Å². The number of nitrogens with one attached hydrogen (secondary N) is 1. The molecule has 1 amide bonds. The first kappa shape index (κ1) is 15.7. The molecule has 0 spiro atoms. The summed E-state index contributed by atoms with van der Waals surface area (Å²) in [6.45, 7) is -0.709. The van der Waals surface area contributed by atoms with Gasteiger partial charge in [0.05, 0.1) is 11.6 Å². The lowest BCUT2D eigenvalue weighted by atomic mass is 10.3. The Kier molecular flexibility index (Phi) is 6.07. The van der Waals surface area contributed by atoms with E-state index in [0.29, 0.717) is 10.8 Å². The highest BCUT2D eigenvalue weighted by molar-refractivity contribution is 9.10. The number of benzene rings is 1. The fourth-order valence-electron chi connectivity index (χ4n) is 1.08. The maximum Gasteiger partial charge on any atom is 0.334 e. The zero-order chi connectivity index (χ0) is 14.4. The molecule has 3 N–H and O–H groups in total. The Hall–Kier alpha value is -1.31. The third kappa shape index (κ3) is 5.46. The summed E-state index contributed by atoms with van der Waals surface area (Å²) in [7, 11) is 0. The molecule has 0 bridgehead atoms. The molecular formula is C11H11BrClNO5. The van der Waals surface area contributed by atoms with Crippen LogP contribution in [0, 0.1) is 0 Å². The standard InChI is InChI=1S/C11H11BrClNO5/c12-6-1-2-9(7(13)3-6)19-5-10(16)14-4-8(15)11(17)18/h1-3,8,15H,4-5H2,(H,14,16)(H,17,18)/t8-/m0/s1. The summed E-state index contributed by atoms with van der Waals surface area (Å²) in [6, 6.07) is 4.90. The van der Waals surface area contributed by atoms with Crippen molar-refractivity contribution < 1.29 is 24.5 Å². The van der Waals surface area contributed by atoms with E-state index in [1.807, 2.05) is 0 Å². The number of ether oxygens (including phenoxy) is 1. The van der Waals surface area contributed by atoms with Gasteiger partial charge >= 0.3 is 5.97 Å². The van der Waals surface area contributed by atoms with E-state index in [1.54, 1.807) is 18.2 Å². The topological polar surface area (TPSA) is 95.9 Å². The number of halogens is 2. The summed E-state index contributed by atoms with van der Waals surface area (Å²) in [4.78, 5) is 21.6. The van der Waals surface area contributed by atoms with Crippen molar-refractivity contribution in [1.82, 2.24) is 5.32 Å². The van der Waals surface area contributed by atoms with Gasteiger partial charge in [-0.2, -0.15) is 0 Å². The number of rotatable bonds is 6. The van der Waals surface area contributed by atoms with Gasteiger partial charge < -0.3 is 20.3 Å². The molecular weight excluding hydrogens is 341 g/mol. The van der Waals surface area contributed by atoms with Crippen molar-refractivity contribution in [2.75, 3.05) is 13.2 Å². The zero-order valence-corrected chi connectivity index (χ0v) is 11.9. The van der Waals surface area contributed by atoms with Gasteiger partial charge in [0, 0.05) is 4.47 Å². The van der Waals surface area contributed by atoms with Crippen LogP contribution in [0.3, 0.4) is 0 Å². The van der Waals surface area contributed by atoms with E-state index in [2.05, 4.69) is 21.2 Å². The average molecular weight is 353 g/mol. The van der Waals surface area contributed by atoms with Gasteiger partial charge in [0.15, 0.2) is 12.7 Å². The Labute approximate surface area is 122 Å². The molecule has 0 unspecified atom stereocenters. The van der Waals surface area contributed by atoms with Crippen molar-refractivity contribution in [2.45, 2.75) is 6.10 Å². The van der Waals surface area contributed by atoms with Crippen LogP contribution < -0.4 is 10.1 Å². The largest absolute Gasteiger partial charge is 0.482 e. The maximum absolute atomic E-state index is 11.3. The molecule has 6 nitrogen and oxygen atoms in total. The number of aliphatic hydroxyl groups excluding tert-OH is 1. The minimum absolute atomic E-state index is 0.326. The van der Waals surface area contributed by atoms with Gasteiger partial charge in [-0.05, 0) is 18.2 Å². The molecule has 0 radical (unpaired) electrons. The first-order valence-electron chi connectivity index (χ1n) is 5.15. The maximum atomic E-state index is 11.3. The minimum atomic E-state index is -1.64. The Morgan fingerprint density at radius 3 is 2.74 bits per heavy atom. The van der Waals surface area contributed by atoms with Crippen LogP contribution in [0.1, 0.15) is 0 Å². The summed E-state index contributed by atoms with van der Waals surface area (Å²) < 4.78 is 5.93. The molecule has 0 saturated heterocycles. The van der Waals surface area contributed by atoms with Crippen LogP contribution in [0.25, 0.3) is 0 Å². The fraction of sp³-hybridized carbons (Fsp3) is 0.273. The van der Waals surface area contributed by atoms with Crippen LogP contribution in [-0.4, -0.2) is 41.3 Å². The predicted octanol–water partition coefficient (Wildman–Crippen LogP) is 1.04. The van der Waals surface area contributed by atoms with E-state index in [-0.39, 0.29) is 13.2 Å². The molecule has 104 valence electrons. The number of aliphatic hydroxyl groups is 1. The number of carbonyl (C=O) groups excluding carboxylic acids is 1. The van der Waals surface area contributed by atoms with Crippen LogP contribution in [0.2, 0.25) is 5.02 Å². The molecule has 0 aromatic heterocycles. The Balaban J connectivity index is 2.40. The van der Waals surface area contributed by atoms with E-state index < -0.39 is 18.0 Å². The summed E-state index contributed by atoms with van der Waals surface area (Å²) in [6.07, 6.45) is -1.64. The van der Waals surface area contributed by atoms with Gasteiger partial charge in [-0.25, -0.2) is 4.79 Å². The van der Waals surface area contributed by atoms with Crippen LogP contribution in [0.5, 0.6) is 5.75 Å². The second-order valence-electron chi connectivity index (χ2n) is 3.52.